The van der Waals surface area contributed by atoms with Crippen LogP contribution in [-0.2, 0) is 6.54 Å². The third kappa shape index (κ3) is 3.36. The molecule has 0 spiro atoms. The van der Waals surface area contributed by atoms with Crippen molar-refractivity contribution in [1.82, 2.24) is 9.47 Å². The Balaban J connectivity index is 1.83. The van der Waals surface area contributed by atoms with Gasteiger partial charge in [0.1, 0.15) is 11.5 Å². The van der Waals surface area contributed by atoms with Gasteiger partial charge in [0, 0.05) is 30.5 Å². The summed E-state index contributed by atoms with van der Waals surface area (Å²) in [6.45, 7) is 5.78. The smallest absolute Gasteiger partial charge is 0.322 e. The molecule has 140 valence electrons. The number of hydrogen-bond acceptors (Lipinski definition) is 3. The number of anilines is 1. The summed E-state index contributed by atoms with van der Waals surface area (Å²) < 4.78 is 12.9. The molecule has 0 radical (unpaired) electrons. The van der Waals surface area contributed by atoms with Gasteiger partial charge in [0.15, 0.2) is 0 Å². The number of rotatable bonds is 5. The predicted octanol–water partition coefficient (Wildman–Crippen LogP) is 4.20. The quantitative estimate of drug-likeness (QED) is 0.872. The lowest BCUT2D eigenvalue weighted by Gasteiger charge is -2.37. The standard InChI is InChI=1S/C20H27N3O3/c1-5-6-17-18-10-7-14(2)22(18)11-12-23(17)20(24)21-16-9-8-15(25-3)13-19(16)26-4/h7-10,13,17H,5-6,11-12H2,1-4H3,(H,21,24). The molecule has 1 aliphatic rings. The van der Waals surface area contributed by atoms with Crippen LogP contribution in [0.15, 0.2) is 30.3 Å². The molecule has 2 heterocycles. The van der Waals surface area contributed by atoms with Crippen molar-refractivity contribution >= 4 is 11.7 Å². The number of urea groups is 1. The second-order valence-corrected chi connectivity index (χ2v) is 6.55. The second-order valence-electron chi connectivity index (χ2n) is 6.55. The maximum atomic E-state index is 13.0. The number of aryl methyl sites for hydroxylation is 1. The minimum Gasteiger partial charge on any atom is -0.497 e. The van der Waals surface area contributed by atoms with Crippen LogP contribution in [-0.4, -0.2) is 36.3 Å². The fourth-order valence-corrected chi connectivity index (χ4v) is 3.62. The summed E-state index contributed by atoms with van der Waals surface area (Å²) in [5.41, 5.74) is 3.11. The Bertz CT molecular complexity index is 785. The van der Waals surface area contributed by atoms with Gasteiger partial charge in [-0.05, 0) is 37.6 Å². The van der Waals surface area contributed by atoms with E-state index in [-0.39, 0.29) is 12.1 Å². The Morgan fingerprint density at radius 2 is 2.00 bits per heavy atom. The van der Waals surface area contributed by atoms with E-state index in [0.29, 0.717) is 23.7 Å². The van der Waals surface area contributed by atoms with Gasteiger partial charge in [-0.1, -0.05) is 13.3 Å². The average Bonchev–Trinajstić information content (AvgIpc) is 3.04. The summed E-state index contributed by atoms with van der Waals surface area (Å²) in [5, 5.41) is 3.01. The van der Waals surface area contributed by atoms with Crippen LogP contribution in [0, 0.1) is 6.92 Å². The molecule has 6 nitrogen and oxygen atoms in total. The van der Waals surface area contributed by atoms with Crippen LogP contribution in [0.4, 0.5) is 10.5 Å². The molecule has 6 heteroatoms. The molecule has 1 atom stereocenters. The molecule has 0 aliphatic carbocycles. The van der Waals surface area contributed by atoms with Gasteiger partial charge >= 0.3 is 6.03 Å². The number of carbonyl (C=O) groups excluding carboxylic acids is 1. The number of nitrogens with one attached hydrogen (secondary N) is 1. The fraction of sp³-hybridized carbons (Fsp3) is 0.450. The summed E-state index contributed by atoms with van der Waals surface area (Å²) >= 11 is 0. The predicted molar refractivity (Wildman–Crippen MR) is 102 cm³/mol. The monoisotopic (exact) mass is 357 g/mol. The zero-order chi connectivity index (χ0) is 18.7. The molecule has 0 fully saturated rings. The number of carbonyl (C=O) groups is 1. The SMILES string of the molecule is CCCC1c2ccc(C)n2CCN1C(=O)Nc1ccc(OC)cc1OC. The van der Waals surface area contributed by atoms with Crippen molar-refractivity contribution < 1.29 is 14.3 Å². The molecule has 0 saturated heterocycles. The number of fused-ring (bicyclic) bond motifs is 1. The molecule has 1 N–H and O–H groups in total. The molecular formula is C20H27N3O3. The highest BCUT2D eigenvalue weighted by Crippen LogP contribution is 2.33. The van der Waals surface area contributed by atoms with Crippen molar-refractivity contribution in [3.05, 3.63) is 41.7 Å². The van der Waals surface area contributed by atoms with E-state index in [1.54, 1.807) is 26.4 Å². The first-order chi connectivity index (χ1) is 12.6. The van der Waals surface area contributed by atoms with Gasteiger partial charge in [0.25, 0.3) is 0 Å². The Kier molecular flexibility index (Phi) is 5.40. The third-order valence-electron chi connectivity index (χ3n) is 4.99. The molecule has 26 heavy (non-hydrogen) atoms. The summed E-state index contributed by atoms with van der Waals surface area (Å²) in [6.07, 6.45) is 1.96. The molecule has 3 rings (SSSR count). The minimum absolute atomic E-state index is 0.0895. The van der Waals surface area contributed by atoms with Crippen molar-refractivity contribution in [3.8, 4) is 11.5 Å². The summed E-state index contributed by atoms with van der Waals surface area (Å²) in [4.78, 5) is 14.9. The van der Waals surface area contributed by atoms with Gasteiger partial charge in [0.05, 0.1) is 25.9 Å². The van der Waals surface area contributed by atoms with Gasteiger partial charge in [-0.15, -0.1) is 0 Å². The van der Waals surface area contributed by atoms with Crippen LogP contribution in [0.1, 0.15) is 37.2 Å². The van der Waals surface area contributed by atoms with E-state index in [2.05, 4.69) is 35.9 Å². The molecule has 1 unspecified atom stereocenters. The molecular weight excluding hydrogens is 330 g/mol. The Morgan fingerprint density at radius 3 is 2.69 bits per heavy atom. The summed E-state index contributed by atoms with van der Waals surface area (Å²) in [7, 11) is 3.19. The lowest BCUT2D eigenvalue weighted by molar-refractivity contribution is 0.162. The lowest BCUT2D eigenvalue weighted by Crippen LogP contribution is -2.44. The van der Waals surface area contributed by atoms with Gasteiger partial charge in [0.2, 0.25) is 0 Å². The lowest BCUT2D eigenvalue weighted by atomic mass is 10.0. The maximum Gasteiger partial charge on any atom is 0.322 e. The molecule has 2 amide bonds. The third-order valence-corrected chi connectivity index (χ3v) is 4.99. The molecule has 1 aromatic heterocycles. The fourth-order valence-electron chi connectivity index (χ4n) is 3.62. The minimum atomic E-state index is -0.1000. The van der Waals surface area contributed by atoms with E-state index < -0.39 is 0 Å². The topological polar surface area (TPSA) is 55.7 Å². The van der Waals surface area contributed by atoms with Crippen LogP contribution in [0.5, 0.6) is 11.5 Å². The summed E-state index contributed by atoms with van der Waals surface area (Å²) in [6, 6.07) is 9.65. The van der Waals surface area contributed by atoms with E-state index >= 15 is 0 Å². The Hall–Kier alpha value is -2.63. The van der Waals surface area contributed by atoms with Crippen molar-refractivity contribution in [2.75, 3.05) is 26.1 Å². The largest absolute Gasteiger partial charge is 0.497 e. The number of hydrogen-bond donors (Lipinski definition) is 1. The first-order valence-electron chi connectivity index (χ1n) is 9.04. The van der Waals surface area contributed by atoms with Gasteiger partial charge < -0.3 is 24.3 Å². The molecule has 0 saturated carbocycles. The highest BCUT2D eigenvalue weighted by Gasteiger charge is 2.31. The number of ether oxygens (including phenoxy) is 2. The van der Waals surface area contributed by atoms with E-state index in [9.17, 15) is 4.79 Å². The van der Waals surface area contributed by atoms with Crippen molar-refractivity contribution in [3.63, 3.8) is 0 Å². The number of benzene rings is 1. The highest BCUT2D eigenvalue weighted by atomic mass is 16.5. The second kappa shape index (κ2) is 7.72. The van der Waals surface area contributed by atoms with Crippen LogP contribution in [0.25, 0.3) is 0 Å². The van der Waals surface area contributed by atoms with E-state index in [4.69, 9.17) is 9.47 Å². The van der Waals surface area contributed by atoms with Crippen LogP contribution < -0.4 is 14.8 Å². The number of nitrogens with zero attached hydrogens (tertiary/aromatic N) is 2. The normalized spacial score (nSPS) is 16.2. The zero-order valence-corrected chi connectivity index (χ0v) is 15.9. The van der Waals surface area contributed by atoms with Crippen LogP contribution in [0.2, 0.25) is 0 Å². The average molecular weight is 357 g/mol. The first-order valence-corrected chi connectivity index (χ1v) is 9.04. The number of aromatic nitrogens is 1. The van der Waals surface area contributed by atoms with E-state index in [0.717, 1.165) is 19.4 Å². The maximum absolute atomic E-state index is 13.0. The Morgan fingerprint density at radius 1 is 1.19 bits per heavy atom. The van der Waals surface area contributed by atoms with Gasteiger partial charge in [-0.2, -0.15) is 0 Å². The van der Waals surface area contributed by atoms with Gasteiger partial charge in [-0.3, -0.25) is 0 Å². The summed E-state index contributed by atoms with van der Waals surface area (Å²) in [5.74, 6) is 1.27. The van der Waals surface area contributed by atoms with Gasteiger partial charge in [-0.25, -0.2) is 4.79 Å². The highest BCUT2D eigenvalue weighted by molar-refractivity contribution is 5.91. The zero-order valence-electron chi connectivity index (χ0n) is 15.9. The first kappa shape index (κ1) is 18.2. The molecule has 1 aromatic carbocycles. The molecule has 0 bridgehead atoms. The van der Waals surface area contributed by atoms with E-state index in [1.165, 1.54) is 11.4 Å². The van der Waals surface area contributed by atoms with Crippen LogP contribution >= 0.6 is 0 Å². The van der Waals surface area contributed by atoms with Crippen LogP contribution in [0.3, 0.4) is 0 Å². The Labute approximate surface area is 154 Å². The number of methoxy groups -OCH3 is 2. The molecule has 2 aromatic rings. The van der Waals surface area contributed by atoms with Crippen molar-refractivity contribution in [1.29, 1.82) is 0 Å². The molecule has 1 aliphatic heterocycles. The van der Waals surface area contributed by atoms with E-state index in [1.807, 2.05) is 11.0 Å². The van der Waals surface area contributed by atoms with Crippen molar-refractivity contribution in [2.24, 2.45) is 0 Å². The number of amides is 2. The van der Waals surface area contributed by atoms with Crippen molar-refractivity contribution in [2.45, 2.75) is 39.3 Å².